The maximum atomic E-state index is 13.2. The van der Waals surface area contributed by atoms with Crippen LogP contribution in [0.5, 0.6) is 0 Å². The third-order valence-electron chi connectivity index (χ3n) is 3.32. The van der Waals surface area contributed by atoms with Crippen molar-refractivity contribution in [3.63, 3.8) is 0 Å². The molecule has 2 bridgehead atoms. The van der Waals surface area contributed by atoms with Crippen molar-refractivity contribution in [1.82, 2.24) is 0 Å². The van der Waals surface area contributed by atoms with Gasteiger partial charge in [0, 0.05) is 12.8 Å². The maximum Gasteiger partial charge on any atom is 0.123 e. The third-order valence-corrected chi connectivity index (χ3v) is 3.32. The van der Waals surface area contributed by atoms with Crippen molar-refractivity contribution in [3.05, 3.63) is 41.2 Å². The molecule has 2 nitrogen and oxygen atoms in total. The minimum atomic E-state index is -0.162. The van der Waals surface area contributed by atoms with Crippen molar-refractivity contribution in [1.29, 1.82) is 0 Å². The zero-order valence-electron chi connectivity index (χ0n) is 10.1. The van der Waals surface area contributed by atoms with Crippen LogP contribution >= 0.6 is 0 Å². The van der Waals surface area contributed by atoms with E-state index < -0.39 is 0 Å². The molecule has 0 N–H and O–H groups in total. The van der Waals surface area contributed by atoms with Gasteiger partial charge in [-0.05, 0) is 37.6 Å². The standard InChI is InChI=1S/C14H16FNO/c1-9(2)5-12-8-13-7-10-6-11(15)3-4-14(10)16(12)17-13/h3-6,12-13H,7-8H2,1-2H3/t12-,13-/m1/s1. The quantitative estimate of drug-likeness (QED) is 0.690. The second kappa shape index (κ2) is 3.84. The van der Waals surface area contributed by atoms with Crippen molar-refractivity contribution >= 4 is 5.69 Å². The Bertz CT molecular complexity index is 479. The summed E-state index contributed by atoms with van der Waals surface area (Å²) in [5, 5.41) is 1.94. The molecule has 0 aliphatic carbocycles. The largest absolute Gasteiger partial charge is 0.269 e. The molecule has 17 heavy (non-hydrogen) atoms. The highest BCUT2D eigenvalue weighted by Crippen LogP contribution is 2.38. The molecule has 2 aliphatic heterocycles. The molecule has 2 aliphatic rings. The van der Waals surface area contributed by atoms with E-state index in [9.17, 15) is 4.39 Å². The molecule has 3 rings (SSSR count). The van der Waals surface area contributed by atoms with E-state index in [0.29, 0.717) is 0 Å². The van der Waals surface area contributed by atoms with Gasteiger partial charge in [0.05, 0.1) is 17.8 Å². The van der Waals surface area contributed by atoms with E-state index in [2.05, 4.69) is 19.9 Å². The van der Waals surface area contributed by atoms with Gasteiger partial charge in [-0.25, -0.2) is 9.45 Å². The summed E-state index contributed by atoms with van der Waals surface area (Å²) in [5.41, 5.74) is 3.36. The topological polar surface area (TPSA) is 12.5 Å². The molecule has 3 heteroatoms. The van der Waals surface area contributed by atoms with Crippen LogP contribution in [0, 0.1) is 5.82 Å². The Labute approximate surface area is 101 Å². The number of fused-ring (bicyclic) bond motifs is 4. The van der Waals surface area contributed by atoms with Crippen molar-refractivity contribution in [2.75, 3.05) is 5.06 Å². The SMILES string of the molecule is CC(C)=C[C@@H]1C[C@H]2Cc3cc(F)ccc3N1O2. The lowest BCUT2D eigenvalue weighted by Crippen LogP contribution is -2.30. The minimum absolute atomic E-state index is 0.162. The summed E-state index contributed by atoms with van der Waals surface area (Å²) in [6.07, 6.45) is 4.22. The molecule has 2 heterocycles. The van der Waals surface area contributed by atoms with E-state index in [-0.39, 0.29) is 18.0 Å². The van der Waals surface area contributed by atoms with Crippen molar-refractivity contribution in [3.8, 4) is 0 Å². The first kappa shape index (κ1) is 10.8. The first-order valence-corrected chi connectivity index (χ1v) is 6.03. The van der Waals surface area contributed by atoms with Crippen LogP contribution in [-0.4, -0.2) is 12.1 Å². The number of allylic oxidation sites excluding steroid dienone is 1. The molecule has 0 saturated carbocycles. The van der Waals surface area contributed by atoms with E-state index in [4.69, 9.17) is 4.84 Å². The van der Waals surface area contributed by atoms with Gasteiger partial charge in [-0.15, -0.1) is 0 Å². The van der Waals surface area contributed by atoms with Crippen molar-refractivity contribution < 1.29 is 9.23 Å². The summed E-state index contributed by atoms with van der Waals surface area (Å²) < 4.78 is 13.2. The highest BCUT2D eigenvalue weighted by Gasteiger charge is 2.38. The van der Waals surface area contributed by atoms with Crippen LogP contribution in [-0.2, 0) is 11.3 Å². The molecule has 0 aromatic heterocycles. The van der Waals surface area contributed by atoms with Crippen LogP contribution < -0.4 is 5.06 Å². The average molecular weight is 233 g/mol. The lowest BCUT2D eigenvalue weighted by Gasteiger charge is -2.29. The normalized spacial score (nSPS) is 25.7. The molecule has 0 amide bonds. The molecule has 0 unspecified atom stereocenters. The lowest BCUT2D eigenvalue weighted by molar-refractivity contribution is 0.0751. The van der Waals surface area contributed by atoms with Crippen LogP contribution in [0.1, 0.15) is 25.8 Å². The van der Waals surface area contributed by atoms with E-state index in [1.54, 1.807) is 6.07 Å². The average Bonchev–Trinajstić information content (AvgIpc) is 2.55. The number of anilines is 1. The fourth-order valence-corrected chi connectivity index (χ4v) is 2.70. The number of nitrogens with zero attached hydrogens (tertiary/aromatic N) is 1. The monoisotopic (exact) mass is 233 g/mol. The summed E-state index contributed by atoms with van der Waals surface area (Å²) in [5.74, 6) is -0.162. The fourth-order valence-electron chi connectivity index (χ4n) is 2.70. The molecule has 1 aromatic carbocycles. The van der Waals surface area contributed by atoms with Gasteiger partial charge in [-0.3, -0.25) is 4.84 Å². The molecule has 1 fully saturated rings. The summed E-state index contributed by atoms with van der Waals surface area (Å²) >= 11 is 0. The molecule has 0 spiro atoms. The first-order valence-electron chi connectivity index (χ1n) is 6.03. The van der Waals surface area contributed by atoms with Gasteiger partial charge in [0.15, 0.2) is 0 Å². The molecular weight excluding hydrogens is 217 g/mol. The predicted octanol–water partition coefficient (Wildman–Crippen LogP) is 3.23. The zero-order valence-corrected chi connectivity index (χ0v) is 10.1. The summed E-state index contributed by atoms with van der Waals surface area (Å²) in [6, 6.07) is 5.23. The van der Waals surface area contributed by atoms with Gasteiger partial charge in [-0.1, -0.05) is 11.6 Å². The third kappa shape index (κ3) is 1.84. The van der Waals surface area contributed by atoms with Crippen LogP contribution in [0.3, 0.4) is 0 Å². The van der Waals surface area contributed by atoms with Crippen LogP contribution in [0.25, 0.3) is 0 Å². The van der Waals surface area contributed by atoms with E-state index in [1.807, 2.05) is 11.1 Å². The Morgan fingerprint density at radius 2 is 2.29 bits per heavy atom. The Hall–Kier alpha value is -1.35. The van der Waals surface area contributed by atoms with Gasteiger partial charge in [0.2, 0.25) is 0 Å². The highest BCUT2D eigenvalue weighted by atomic mass is 19.1. The predicted molar refractivity (Wildman–Crippen MR) is 65.3 cm³/mol. The Kier molecular flexibility index (Phi) is 2.44. The Morgan fingerprint density at radius 1 is 1.47 bits per heavy atom. The van der Waals surface area contributed by atoms with E-state index in [0.717, 1.165) is 24.1 Å². The number of hydrogen-bond donors (Lipinski definition) is 0. The Balaban J connectivity index is 2.00. The maximum absolute atomic E-state index is 13.2. The second-order valence-electron chi connectivity index (χ2n) is 5.08. The number of hydroxylamine groups is 1. The summed E-state index contributed by atoms with van der Waals surface area (Å²) in [7, 11) is 0. The summed E-state index contributed by atoms with van der Waals surface area (Å²) in [4.78, 5) is 5.84. The van der Waals surface area contributed by atoms with Crippen LogP contribution in [0.15, 0.2) is 29.8 Å². The fraction of sp³-hybridized carbons (Fsp3) is 0.429. The first-order chi connectivity index (χ1) is 8.13. The Morgan fingerprint density at radius 3 is 3.06 bits per heavy atom. The van der Waals surface area contributed by atoms with Crippen molar-refractivity contribution in [2.24, 2.45) is 0 Å². The molecule has 90 valence electrons. The second-order valence-corrected chi connectivity index (χ2v) is 5.08. The van der Waals surface area contributed by atoms with Crippen molar-refractivity contribution in [2.45, 2.75) is 38.8 Å². The van der Waals surface area contributed by atoms with Gasteiger partial charge in [0.25, 0.3) is 0 Å². The van der Waals surface area contributed by atoms with Gasteiger partial charge < -0.3 is 0 Å². The van der Waals surface area contributed by atoms with Gasteiger partial charge in [-0.2, -0.15) is 0 Å². The number of hydrogen-bond acceptors (Lipinski definition) is 2. The highest BCUT2D eigenvalue weighted by molar-refractivity contribution is 5.56. The van der Waals surface area contributed by atoms with E-state index >= 15 is 0 Å². The molecule has 1 aromatic rings. The molecule has 1 saturated heterocycles. The zero-order chi connectivity index (χ0) is 12.0. The molecular formula is C14H16FNO. The van der Waals surface area contributed by atoms with Crippen LogP contribution in [0.2, 0.25) is 0 Å². The number of rotatable bonds is 1. The minimum Gasteiger partial charge on any atom is -0.269 e. The smallest absolute Gasteiger partial charge is 0.123 e. The van der Waals surface area contributed by atoms with Crippen LogP contribution in [0.4, 0.5) is 10.1 Å². The van der Waals surface area contributed by atoms with E-state index in [1.165, 1.54) is 11.6 Å². The molecule has 2 atom stereocenters. The lowest BCUT2D eigenvalue weighted by atomic mass is 10.0. The summed E-state index contributed by atoms with van der Waals surface area (Å²) in [6.45, 7) is 4.18. The van der Waals surface area contributed by atoms with Gasteiger partial charge in [0.1, 0.15) is 5.82 Å². The number of benzene rings is 1. The molecule has 0 radical (unpaired) electrons. The number of halogens is 1. The van der Waals surface area contributed by atoms with Gasteiger partial charge >= 0.3 is 0 Å².